The molecule has 1 aliphatic heterocycles. The third-order valence-electron chi connectivity index (χ3n) is 4.63. The molecule has 2 fully saturated rings. The minimum Gasteiger partial charge on any atom is -0.370 e. The molecule has 2 amide bonds. The van der Waals surface area contributed by atoms with E-state index in [1.54, 1.807) is 11.0 Å². The zero-order valence-corrected chi connectivity index (χ0v) is 12.8. The molecular formula is C17H23FN2O2. The molecule has 4 nitrogen and oxygen atoms in total. The smallest absolute Gasteiger partial charge is 0.317 e. The highest BCUT2D eigenvalue weighted by Gasteiger charge is 2.26. The lowest BCUT2D eigenvalue weighted by atomic mass is 9.83. The van der Waals surface area contributed by atoms with E-state index in [1.807, 2.05) is 6.07 Å². The van der Waals surface area contributed by atoms with Gasteiger partial charge in [0.1, 0.15) is 11.9 Å². The number of nitrogens with zero attached hydrogens (tertiary/aromatic N) is 1. The molecule has 1 saturated heterocycles. The molecule has 0 spiro atoms. The van der Waals surface area contributed by atoms with Crippen molar-refractivity contribution in [1.82, 2.24) is 10.2 Å². The lowest BCUT2D eigenvalue weighted by molar-refractivity contribution is -0.0156. The van der Waals surface area contributed by atoms with Gasteiger partial charge in [-0.05, 0) is 30.0 Å². The van der Waals surface area contributed by atoms with E-state index in [0.717, 1.165) is 24.4 Å². The molecule has 1 aromatic carbocycles. The summed E-state index contributed by atoms with van der Waals surface area (Å²) in [6, 6.07) is 6.36. The highest BCUT2D eigenvalue weighted by atomic mass is 19.1. The van der Waals surface area contributed by atoms with Crippen molar-refractivity contribution in [2.24, 2.45) is 5.92 Å². The monoisotopic (exact) mass is 306 g/mol. The van der Waals surface area contributed by atoms with Crippen LogP contribution in [0.5, 0.6) is 0 Å². The fourth-order valence-electron chi connectivity index (χ4n) is 3.02. The van der Waals surface area contributed by atoms with E-state index in [2.05, 4.69) is 5.32 Å². The Balaban J connectivity index is 1.50. The Morgan fingerprint density at radius 2 is 2.27 bits per heavy atom. The van der Waals surface area contributed by atoms with Gasteiger partial charge in [0.2, 0.25) is 0 Å². The second-order valence-corrected chi connectivity index (χ2v) is 6.18. The summed E-state index contributed by atoms with van der Waals surface area (Å²) in [5.74, 6) is 0.521. The molecular weight excluding hydrogens is 283 g/mol. The number of carbonyl (C=O) groups excluding carboxylic acids is 1. The number of halogens is 1. The predicted octanol–water partition coefficient (Wildman–Crippen LogP) is 3.10. The largest absolute Gasteiger partial charge is 0.370 e. The summed E-state index contributed by atoms with van der Waals surface area (Å²) in [4.78, 5) is 14.0. The van der Waals surface area contributed by atoms with Crippen LogP contribution in [0, 0.1) is 11.7 Å². The van der Waals surface area contributed by atoms with Crippen LogP contribution in [0.15, 0.2) is 24.3 Å². The van der Waals surface area contributed by atoms with Crippen molar-refractivity contribution >= 4 is 6.03 Å². The number of benzene rings is 1. The summed E-state index contributed by atoms with van der Waals surface area (Å²) >= 11 is 0. The van der Waals surface area contributed by atoms with Gasteiger partial charge in [0, 0.05) is 13.1 Å². The van der Waals surface area contributed by atoms with Crippen LogP contribution in [-0.2, 0) is 4.74 Å². The number of amides is 2. The van der Waals surface area contributed by atoms with Crippen LogP contribution in [-0.4, -0.2) is 37.2 Å². The topological polar surface area (TPSA) is 41.6 Å². The molecule has 0 radical (unpaired) electrons. The van der Waals surface area contributed by atoms with Gasteiger partial charge in [-0.15, -0.1) is 0 Å². The van der Waals surface area contributed by atoms with Crippen molar-refractivity contribution < 1.29 is 13.9 Å². The standard InChI is InChI=1S/C17H23FN2O2/c18-15-6-2-5-14(11-15)16-12-20(9-10-22-16)17(21)19-8-7-13-3-1-4-13/h2,5-6,11,13,16H,1,3-4,7-10,12H2,(H,19,21). The number of nitrogens with one attached hydrogen (secondary N) is 1. The minimum absolute atomic E-state index is 0.0379. The van der Waals surface area contributed by atoms with Crippen LogP contribution < -0.4 is 5.32 Å². The van der Waals surface area contributed by atoms with E-state index < -0.39 is 0 Å². The second-order valence-electron chi connectivity index (χ2n) is 6.18. The Labute approximate surface area is 130 Å². The average Bonchev–Trinajstić information content (AvgIpc) is 2.50. The Morgan fingerprint density at radius 3 is 3.00 bits per heavy atom. The average molecular weight is 306 g/mol. The van der Waals surface area contributed by atoms with Crippen LogP contribution in [0.2, 0.25) is 0 Å². The van der Waals surface area contributed by atoms with E-state index in [1.165, 1.54) is 31.4 Å². The van der Waals surface area contributed by atoms with Gasteiger partial charge in [-0.3, -0.25) is 0 Å². The first-order valence-corrected chi connectivity index (χ1v) is 8.12. The molecule has 1 N–H and O–H groups in total. The van der Waals surface area contributed by atoms with Crippen molar-refractivity contribution in [2.75, 3.05) is 26.2 Å². The van der Waals surface area contributed by atoms with Gasteiger partial charge in [-0.25, -0.2) is 9.18 Å². The molecule has 0 bridgehead atoms. The zero-order chi connectivity index (χ0) is 15.4. The van der Waals surface area contributed by atoms with Crippen LogP contribution in [0.3, 0.4) is 0 Å². The summed E-state index contributed by atoms with van der Waals surface area (Å²) in [7, 11) is 0. The molecule has 1 saturated carbocycles. The molecule has 1 aliphatic carbocycles. The third kappa shape index (κ3) is 3.77. The maximum Gasteiger partial charge on any atom is 0.317 e. The fourth-order valence-corrected chi connectivity index (χ4v) is 3.02. The van der Waals surface area contributed by atoms with Crippen LogP contribution in [0.25, 0.3) is 0 Å². The van der Waals surface area contributed by atoms with Gasteiger partial charge in [-0.1, -0.05) is 31.4 Å². The van der Waals surface area contributed by atoms with Crippen LogP contribution >= 0.6 is 0 Å². The summed E-state index contributed by atoms with van der Waals surface area (Å²) < 4.78 is 19.0. The highest BCUT2D eigenvalue weighted by molar-refractivity contribution is 5.74. The lowest BCUT2D eigenvalue weighted by Gasteiger charge is -2.33. The van der Waals surface area contributed by atoms with Gasteiger partial charge >= 0.3 is 6.03 Å². The van der Waals surface area contributed by atoms with E-state index in [0.29, 0.717) is 19.7 Å². The molecule has 120 valence electrons. The zero-order valence-electron chi connectivity index (χ0n) is 12.8. The number of ether oxygens (including phenoxy) is 1. The number of rotatable bonds is 4. The lowest BCUT2D eigenvalue weighted by Crippen LogP contribution is -2.47. The molecule has 5 heteroatoms. The third-order valence-corrected chi connectivity index (χ3v) is 4.63. The SMILES string of the molecule is O=C(NCCC1CCC1)N1CCOC(c2cccc(F)c2)C1. The molecule has 0 aromatic heterocycles. The van der Waals surface area contributed by atoms with Crippen molar-refractivity contribution in [2.45, 2.75) is 31.8 Å². The molecule has 3 rings (SSSR count). The fraction of sp³-hybridized carbons (Fsp3) is 0.588. The van der Waals surface area contributed by atoms with Gasteiger partial charge < -0.3 is 15.0 Å². The van der Waals surface area contributed by atoms with Crippen molar-refractivity contribution in [1.29, 1.82) is 0 Å². The first kappa shape index (κ1) is 15.3. The Morgan fingerprint density at radius 1 is 1.41 bits per heavy atom. The predicted molar refractivity (Wildman–Crippen MR) is 82.0 cm³/mol. The highest BCUT2D eigenvalue weighted by Crippen LogP contribution is 2.28. The molecule has 1 aromatic rings. The van der Waals surface area contributed by atoms with Crippen LogP contribution in [0.1, 0.15) is 37.4 Å². The molecule has 1 unspecified atom stereocenters. The second kappa shape index (κ2) is 7.09. The van der Waals surface area contributed by atoms with E-state index >= 15 is 0 Å². The summed E-state index contributed by atoms with van der Waals surface area (Å²) in [6.45, 7) is 2.28. The molecule has 22 heavy (non-hydrogen) atoms. The van der Waals surface area contributed by atoms with E-state index in [4.69, 9.17) is 4.74 Å². The minimum atomic E-state index is -0.275. The Kier molecular flexibility index (Phi) is 4.93. The summed E-state index contributed by atoms with van der Waals surface area (Å²) in [6.07, 6.45) is 4.76. The van der Waals surface area contributed by atoms with Gasteiger partial charge in [0.15, 0.2) is 0 Å². The van der Waals surface area contributed by atoms with Gasteiger partial charge in [0.05, 0.1) is 13.2 Å². The summed E-state index contributed by atoms with van der Waals surface area (Å²) in [5.41, 5.74) is 0.784. The number of urea groups is 1. The molecule has 1 heterocycles. The van der Waals surface area contributed by atoms with Gasteiger partial charge in [-0.2, -0.15) is 0 Å². The maximum atomic E-state index is 13.3. The first-order valence-electron chi connectivity index (χ1n) is 8.12. The first-order chi connectivity index (χ1) is 10.7. The Hall–Kier alpha value is -1.62. The quantitative estimate of drug-likeness (QED) is 0.928. The molecule has 1 atom stereocenters. The number of carbonyl (C=O) groups is 1. The van der Waals surface area contributed by atoms with Crippen molar-refractivity contribution in [3.8, 4) is 0 Å². The number of morpholine rings is 1. The molecule has 2 aliphatic rings. The van der Waals surface area contributed by atoms with Crippen LogP contribution in [0.4, 0.5) is 9.18 Å². The van der Waals surface area contributed by atoms with E-state index in [9.17, 15) is 9.18 Å². The normalized spacial score (nSPS) is 22.2. The van der Waals surface area contributed by atoms with E-state index in [-0.39, 0.29) is 18.0 Å². The Bertz CT molecular complexity index is 519. The number of hydrogen-bond donors (Lipinski definition) is 1. The van der Waals surface area contributed by atoms with Gasteiger partial charge in [0.25, 0.3) is 0 Å². The maximum absolute atomic E-state index is 13.3. The van der Waals surface area contributed by atoms with Crippen molar-refractivity contribution in [3.05, 3.63) is 35.6 Å². The summed E-state index contributed by atoms with van der Waals surface area (Å²) in [5, 5.41) is 2.99. The van der Waals surface area contributed by atoms with Crippen molar-refractivity contribution in [3.63, 3.8) is 0 Å². The number of hydrogen-bond acceptors (Lipinski definition) is 2.